The maximum atomic E-state index is 4.30. The average molecular weight is 212 g/mol. The predicted octanol–water partition coefficient (Wildman–Crippen LogP) is 3.56. The molecule has 0 fully saturated rings. The lowest BCUT2D eigenvalue weighted by Crippen LogP contribution is -1.77. The lowest BCUT2D eigenvalue weighted by atomic mass is 10.3. The van der Waals surface area contributed by atoms with Crippen LogP contribution in [0.25, 0.3) is 0 Å². The van der Waals surface area contributed by atoms with Crippen molar-refractivity contribution in [3.05, 3.63) is 28.7 Å². The van der Waals surface area contributed by atoms with Gasteiger partial charge in [0.2, 0.25) is 0 Å². The van der Waals surface area contributed by atoms with Gasteiger partial charge in [0.1, 0.15) is 0 Å². The summed E-state index contributed by atoms with van der Waals surface area (Å²) in [7, 11) is 0. The van der Waals surface area contributed by atoms with E-state index in [0.717, 1.165) is 15.9 Å². The normalized spacial score (nSPS) is 9.36. The zero-order valence-corrected chi connectivity index (χ0v) is 8.22. The second kappa shape index (κ2) is 3.67. The first-order chi connectivity index (χ1) is 5.18. The van der Waals surface area contributed by atoms with Gasteiger partial charge in [-0.1, -0.05) is 15.9 Å². The number of aliphatic imine (C=N–C) groups is 1. The van der Waals surface area contributed by atoms with Crippen molar-refractivity contribution < 1.29 is 0 Å². The molecule has 11 heavy (non-hydrogen) atoms. The fourth-order valence-electron chi connectivity index (χ4n) is 0.774. The molecule has 1 aromatic rings. The lowest BCUT2D eigenvalue weighted by Gasteiger charge is -1.94. The smallest absolute Gasteiger partial charge is 0.0629 e. The lowest BCUT2D eigenvalue weighted by molar-refractivity contribution is 1.47. The van der Waals surface area contributed by atoms with Gasteiger partial charge in [-0.3, -0.25) is 4.99 Å². The molecule has 0 spiro atoms. The average Bonchev–Trinajstić information content (AvgIpc) is 1.93. The second-order valence-electron chi connectivity index (χ2n) is 2.54. The Hall–Kier alpha value is -0.630. The Labute approximate surface area is 75.3 Å². The Bertz CT molecular complexity index is 257. The minimum atomic E-state index is 1.01. The number of hydrogen-bond donors (Lipinski definition) is 0. The number of hydrogen-bond acceptors (Lipinski definition) is 1. The van der Waals surface area contributed by atoms with Gasteiger partial charge in [0, 0.05) is 10.2 Å². The van der Waals surface area contributed by atoms with Crippen LogP contribution < -0.4 is 0 Å². The van der Waals surface area contributed by atoms with E-state index in [-0.39, 0.29) is 0 Å². The molecule has 1 rings (SSSR count). The summed E-state index contributed by atoms with van der Waals surface area (Å²) in [5, 5.41) is 0. The van der Waals surface area contributed by atoms with E-state index in [2.05, 4.69) is 20.9 Å². The number of halogens is 1. The van der Waals surface area contributed by atoms with Crippen LogP contribution in [0.5, 0.6) is 0 Å². The quantitative estimate of drug-likeness (QED) is 0.631. The third-order valence-corrected chi connectivity index (χ3v) is 1.71. The van der Waals surface area contributed by atoms with Gasteiger partial charge in [0.25, 0.3) is 0 Å². The second-order valence-corrected chi connectivity index (χ2v) is 3.45. The van der Waals surface area contributed by atoms with E-state index in [1.807, 2.05) is 38.1 Å². The molecule has 0 radical (unpaired) electrons. The molecule has 0 aliphatic rings. The van der Waals surface area contributed by atoms with Crippen LogP contribution in [0.1, 0.15) is 13.8 Å². The minimum Gasteiger partial charge on any atom is -0.258 e. The largest absolute Gasteiger partial charge is 0.258 e. The molecule has 0 aliphatic heterocycles. The van der Waals surface area contributed by atoms with Crippen molar-refractivity contribution in [3.63, 3.8) is 0 Å². The molecule has 0 heterocycles. The van der Waals surface area contributed by atoms with Gasteiger partial charge >= 0.3 is 0 Å². The maximum Gasteiger partial charge on any atom is 0.0629 e. The van der Waals surface area contributed by atoms with Gasteiger partial charge in [0.05, 0.1) is 5.69 Å². The van der Waals surface area contributed by atoms with Crippen LogP contribution in [0, 0.1) is 0 Å². The highest BCUT2D eigenvalue weighted by molar-refractivity contribution is 9.10. The first-order valence-electron chi connectivity index (χ1n) is 3.46. The standard InChI is InChI=1S/C9H10BrN/c1-7(2)11-9-5-3-8(10)4-6-9/h3-6H,1-2H3. The summed E-state index contributed by atoms with van der Waals surface area (Å²) in [5.74, 6) is 0. The van der Waals surface area contributed by atoms with Gasteiger partial charge < -0.3 is 0 Å². The van der Waals surface area contributed by atoms with Gasteiger partial charge in [-0.15, -0.1) is 0 Å². The molecule has 0 aliphatic carbocycles. The fraction of sp³-hybridized carbons (Fsp3) is 0.222. The zero-order valence-electron chi connectivity index (χ0n) is 6.63. The number of benzene rings is 1. The third-order valence-electron chi connectivity index (χ3n) is 1.18. The molecule has 1 nitrogen and oxygen atoms in total. The Morgan fingerprint density at radius 3 is 2.18 bits per heavy atom. The molecule has 0 saturated heterocycles. The van der Waals surface area contributed by atoms with Crippen molar-refractivity contribution in [2.24, 2.45) is 4.99 Å². The maximum absolute atomic E-state index is 4.30. The molecule has 58 valence electrons. The minimum absolute atomic E-state index is 1.01. The van der Waals surface area contributed by atoms with Gasteiger partial charge in [-0.25, -0.2) is 0 Å². The molecule has 0 saturated carbocycles. The van der Waals surface area contributed by atoms with E-state index in [1.165, 1.54) is 0 Å². The Kier molecular flexibility index (Phi) is 2.83. The van der Waals surface area contributed by atoms with Crippen LogP contribution in [0.3, 0.4) is 0 Å². The summed E-state index contributed by atoms with van der Waals surface area (Å²) in [6, 6.07) is 7.94. The zero-order chi connectivity index (χ0) is 8.27. The predicted molar refractivity (Wildman–Crippen MR) is 52.6 cm³/mol. The molecule has 0 aromatic heterocycles. The van der Waals surface area contributed by atoms with Crippen molar-refractivity contribution in [1.82, 2.24) is 0 Å². The van der Waals surface area contributed by atoms with E-state index in [9.17, 15) is 0 Å². The van der Waals surface area contributed by atoms with Crippen molar-refractivity contribution in [1.29, 1.82) is 0 Å². The molecule has 1 aromatic carbocycles. The Balaban J connectivity index is 2.91. The fourth-order valence-corrected chi connectivity index (χ4v) is 1.04. The van der Waals surface area contributed by atoms with Gasteiger partial charge in [0.15, 0.2) is 0 Å². The van der Waals surface area contributed by atoms with Gasteiger partial charge in [-0.2, -0.15) is 0 Å². The molecular formula is C9H10BrN. The number of nitrogens with zero attached hydrogens (tertiary/aromatic N) is 1. The summed E-state index contributed by atoms with van der Waals surface area (Å²) < 4.78 is 1.09. The molecule has 0 N–H and O–H groups in total. The monoisotopic (exact) mass is 211 g/mol. The van der Waals surface area contributed by atoms with E-state index in [0.29, 0.717) is 0 Å². The molecular weight excluding hydrogens is 202 g/mol. The molecule has 0 atom stereocenters. The van der Waals surface area contributed by atoms with Crippen LogP contribution in [0.4, 0.5) is 5.69 Å². The van der Waals surface area contributed by atoms with Gasteiger partial charge in [-0.05, 0) is 38.1 Å². The van der Waals surface area contributed by atoms with E-state index in [4.69, 9.17) is 0 Å². The highest BCUT2D eigenvalue weighted by atomic mass is 79.9. The van der Waals surface area contributed by atoms with Crippen LogP contribution in [-0.4, -0.2) is 5.71 Å². The summed E-state index contributed by atoms with van der Waals surface area (Å²) >= 11 is 3.36. The highest BCUT2D eigenvalue weighted by Crippen LogP contribution is 2.16. The third kappa shape index (κ3) is 2.85. The molecule has 0 bridgehead atoms. The highest BCUT2D eigenvalue weighted by Gasteiger charge is 1.87. The summed E-state index contributed by atoms with van der Waals surface area (Å²) in [5.41, 5.74) is 2.08. The van der Waals surface area contributed by atoms with Crippen molar-refractivity contribution in [2.45, 2.75) is 13.8 Å². The van der Waals surface area contributed by atoms with Crippen LogP contribution in [-0.2, 0) is 0 Å². The SMILES string of the molecule is CC(C)=Nc1ccc(Br)cc1. The van der Waals surface area contributed by atoms with Crippen LogP contribution in [0.2, 0.25) is 0 Å². The van der Waals surface area contributed by atoms with E-state index >= 15 is 0 Å². The van der Waals surface area contributed by atoms with E-state index in [1.54, 1.807) is 0 Å². The van der Waals surface area contributed by atoms with Crippen molar-refractivity contribution >= 4 is 27.3 Å². The topological polar surface area (TPSA) is 12.4 Å². The van der Waals surface area contributed by atoms with E-state index < -0.39 is 0 Å². The van der Waals surface area contributed by atoms with Crippen molar-refractivity contribution in [2.75, 3.05) is 0 Å². The summed E-state index contributed by atoms with van der Waals surface area (Å²) in [4.78, 5) is 4.30. The van der Waals surface area contributed by atoms with Crippen molar-refractivity contribution in [3.8, 4) is 0 Å². The molecule has 0 unspecified atom stereocenters. The Morgan fingerprint density at radius 1 is 1.18 bits per heavy atom. The first kappa shape index (κ1) is 8.47. The summed E-state index contributed by atoms with van der Waals surface area (Å²) in [6.45, 7) is 3.98. The molecule has 2 heteroatoms. The number of rotatable bonds is 1. The molecule has 0 amide bonds. The summed E-state index contributed by atoms with van der Waals surface area (Å²) in [6.07, 6.45) is 0. The van der Waals surface area contributed by atoms with Crippen LogP contribution in [0.15, 0.2) is 33.7 Å². The Morgan fingerprint density at radius 2 is 1.73 bits per heavy atom. The van der Waals surface area contributed by atoms with Crippen LogP contribution >= 0.6 is 15.9 Å². The first-order valence-corrected chi connectivity index (χ1v) is 4.25.